The lowest BCUT2D eigenvalue weighted by molar-refractivity contribution is -0.168. The van der Waals surface area contributed by atoms with Crippen molar-refractivity contribution in [1.29, 1.82) is 0 Å². The van der Waals surface area contributed by atoms with Gasteiger partial charge in [0.15, 0.2) is 5.41 Å². The number of hydrogen-bond donors (Lipinski definition) is 1. The number of rotatable bonds is 11. The van der Waals surface area contributed by atoms with E-state index in [-0.39, 0.29) is 19.8 Å². The van der Waals surface area contributed by atoms with E-state index in [1.54, 1.807) is 0 Å². The zero-order chi connectivity index (χ0) is 37.2. The number of hydrogen-bond acceptors (Lipinski definition) is 6. The van der Waals surface area contributed by atoms with Crippen LogP contribution in [0.4, 0.5) is 11.4 Å². The van der Waals surface area contributed by atoms with E-state index in [9.17, 15) is 9.59 Å². The number of anilines is 2. The van der Waals surface area contributed by atoms with Gasteiger partial charge in [-0.1, -0.05) is 135 Å². The summed E-state index contributed by atoms with van der Waals surface area (Å²) >= 11 is 0. The van der Waals surface area contributed by atoms with Crippen LogP contribution in [-0.2, 0) is 44.9 Å². The summed E-state index contributed by atoms with van der Waals surface area (Å²) < 4.78 is 10.9. The Labute approximate surface area is 318 Å². The van der Waals surface area contributed by atoms with Crippen molar-refractivity contribution in [2.45, 2.75) is 52.0 Å². The summed E-state index contributed by atoms with van der Waals surface area (Å²) in [4.78, 5) is 30.4. The molecule has 6 nitrogen and oxygen atoms in total. The van der Waals surface area contributed by atoms with Gasteiger partial charge in [-0.3, -0.25) is 9.59 Å². The van der Waals surface area contributed by atoms with Crippen LogP contribution < -0.4 is 15.5 Å². The van der Waals surface area contributed by atoms with Crippen LogP contribution >= 0.6 is 0 Å². The molecule has 0 saturated heterocycles. The molecule has 0 aromatic heterocycles. The number of carbonyl (C=O) groups excluding carboxylic acids is 2. The molecule has 0 radical (unpaired) electrons. The Kier molecular flexibility index (Phi) is 9.72. The first-order valence-corrected chi connectivity index (χ1v) is 19.1. The monoisotopic (exact) mass is 712 g/mol. The van der Waals surface area contributed by atoms with Crippen LogP contribution in [0.25, 0.3) is 33.0 Å². The van der Waals surface area contributed by atoms with Gasteiger partial charge >= 0.3 is 18.9 Å². The first-order valence-electron chi connectivity index (χ1n) is 19.1. The van der Waals surface area contributed by atoms with Crippen LogP contribution in [0.1, 0.15) is 48.4 Å². The summed E-state index contributed by atoms with van der Waals surface area (Å²) in [5.41, 5.74) is 10.6. The van der Waals surface area contributed by atoms with Gasteiger partial charge in [0.1, 0.15) is 0 Å². The molecule has 0 unspecified atom stereocenters. The highest BCUT2D eigenvalue weighted by molar-refractivity contribution is 6.82. The highest BCUT2D eigenvalue weighted by Gasteiger charge is 2.55. The summed E-state index contributed by atoms with van der Waals surface area (Å²) in [5, 5.41) is 6.47. The van der Waals surface area contributed by atoms with E-state index in [2.05, 4.69) is 132 Å². The SMILES string of the molecule is CCCCCc1c(B2Nc3cccc4cccc(c34)N2Cc2ccccc2)c(-c2ccccc2)c2c(c1-c1ccccc1)CC(C(=O)OC)(C(=O)OC)C2. The molecule has 1 heterocycles. The maximum Gasteiger partial charge on any atom is 0.409 e. The van der Waals surface area contributed by atoms with Gasteiger partial charge in [-0.25, -0.2) is 0 Å². The molecule has 0 bridgehead atoms. The molecule has 0 spiro atoms. The number of methoxy groups -OCH3 is 2. The van der Waals surface area contributed by atoms with Gasteiger partial charge in [-0.2, -0.15) is 0 Å². The molecular weight excluding hydrogens is 667 g/mol. The van der Waals surface area contributed by atoms with Crippen molar-refractivity contribution in [3.05, 3.63) is 150 Å². The van der Waals surface area contributed by atoms with E-state index < -0.39 is 17.4 Å². The van der Waals surface area contributed by atoms with Crippen LogP contribution in [0.15, 0.2) is 127 Å². The molecule has 1 N–H and O–H groups in total. The first-order chi connectivity index (χ1) is 26.5. The van der Waals surface area contributed by atoms with Gasteiger partial charge in [-0.15, -0.1) is 0 Å². The number of nitrogens with zero attached hydrogens (tertiary/aromatic N) is 1. The summed E-state index contributed by atoms with van der Waals surface area (Å²) in [6.45, 7) is 2.61. The predicted molar refractivity (Wildman–Crippen MR) is 220 cm³/mol. The third-order valence-electron chi connectivity index (χ3n) is 11.4. The number of fused-ring (bicyclic) bond motifs is 1. The van der Waals surface area contributed by atoms with E-state index in [0.29, 0.717) is 6.54 Å². The van der Waals surface area contributed by atoms with Gasteiger partial charge in [-0.05, 0) is 80.3 Å². The second kappa shape index (κ2) is 14.9. The van der Waals surface area contributed by atoms with Gasteiger partial charge in [0.25, 0.3) is 0 Å². The maximum absolute atomic E-state index is 13.9. The van der Waals surface area contributed by atoms with Crippen molar-refractivity contribution in [3.8, 4) is 22.3 Å². The lowest BCUT2D eigenvalue weighted by Crippen LogP contribution is -2.57. The molecule has 54 heavy (non-hydrogen) atoms. The van der Waals surface area contributed by atoms with E-state index in [0.717, 1.165) is 70.4 Å². The fourth-order valence-corrected chi connectivity index (χ4v) is 8.98. The summed E-state index contributed by atoms with van der Waals surface area (Å²) in [6, 6.07) is 44.7. The molecule has 1 aliphatic heterocycles. The number of esters is 2. The molecule has 2 aliphatic rings. The van der Waals surface area contributed by atoms with E-state index >= 15 is 0 Å². The molecule has 0 saturated carbocycles. The third-order valence-corrected chi connectivity index (χ3v) is 11.4. The Hall–Kier alpha value is -5.82. The third kappa shape index (κ3) is 6.02. The highest BCUT2D eigenvalue weighted by Crippen LogP contribution is 2.49. The molecule has 0 fully saturated rings. The maximum atomic E-state index is 13.9. The van der Waals surface area contributed by atoms with Crippen LogP contribution in [0.2, 0.25) is 0 Å². The molecule has 270 valence electrons. The standard InChI is InChI=1S/C47H45BN2O4/c1-4-5-9-26-36-41(33-20-12-7-13-21-33)37-29-47(45(51)53-2,46(52)54-3)30-38(37)42(34-22-14-8-15-23-34)44(36)48-49-39-27-16-24-35-25-17-28-40(43(35)39)50(48)31-32-18-10-6-11-19-32/h6-8,10-25,27-28,49H,4-5,9,26,29-31H2,1-3H3. The van der Waals surface area contributed by atoms with Gasteiger partial charge in [0, 0.05) is 36.1 Å². The average molecular weight is 713 g/mol. The fourth-order valence-electron chi connectivity index (χ4n) is 8.98. The van der Waals surface area contributed by atoms with E-state index in [1.165, 1.54) is 41.6 Å². The van der Waals surface area contributed by atoms with Gasteiger partial charge < -0.3 is 19.5 Å². The van der Waals surface area contributed by atoms with Crippen molar-refractivity contribution in [2.75, 3.05) is 24.3 Å². The molecule has 0 atom stereocenters. The smallest absolute Gasteiger partial charge is 0.409 e. The predicted octanol–water partition coefficient (Wildman–Crippen LogP) is 9.17. The lowest BCUT2D eigenvalue weighted by atomic mass is 9.57. The normalized spacial score (nSPS) is 14.1. The van der Waals surface area contributed by atoms with Crippen LogP contribution in [-0.4, -0.2) is 33.1 Å². The minimum atomic E-state index is -1.51. The first kappa shape index (κ1) is 35.2. The fraction of sp³-hybridized carbons (Fsp3) is 0.234. The van der Waals surface area contributed by atoms with Crippen molar-refractivity contribution in [1.82, 2.24) is 0 Å². The molecule has 8 rings (SSSR count). The Bertz CT molecular complexity index is 2310. The summed E-state index contributed by atoms with van der Waals surface area (Å²) in [7, 11) is 2.72. The van der Waals surface area contributed by atoms with E-state index in [4.69, 9.17) is 9.47 Å². The molecule has 1 aliphatic carbocycles. The Morgan fingerprint density at radius 1 is 0.704 bits per heavy atom. The van der Waals surface area contributed by atoms with E-state index in [1.807, 2.05) is 12.1 Å². The largest absolute Gasteiger partial charge is 0.468 e. The van der Waals surface area contributed by atoms with Gasteiger partial charge in [0.2, 0.25) is 0 Å². The minimum absolute atomic E-state index is 0.172. The molecule has 6 aromatic carbocycles. The Balaban J connectivity index is 1.50. The Morgan fingerprint density at radius 2 is 1.28 bits per heavy atom. The number of benzene rings is 6. The number of ether oxygens (including phenoxy) is 2. The van der Waals surface area contributed by atoms with Crippen molar-refractivity contribution < 1.29 is 19.1 Å². The zero-order valence-corrected chi connectivity index (χ0v) is 31.2. The van der Waals surface area contributed by atoms with Gasteiger partial charge in [0.05, 0.1) is 14.2 Å². The van der Waals surface area contributed by atoms with Crippen LogP contribution in [0.3, 0.4) is 0 Å². The molecular formula is C47H45BN2O4. The number of carbonyl (C=O) groups is 2. The van der Waals surface area contributed by atoms with Crippen molar-refractivity contribution in [2.24, 2.45) is 5.41 Å². The molecule has 6 aromatic rings. The quantitative estimate of drug-likeness (QED) is 0.0626. The zero-order valence-electron chi connectivity index (χ0n) is 31.2. The van der Waals surface area contributed by atoms with Crippen molar-refractivity contribution >= 4 is 46.5 Å². The number of unbranched alkanes of at least 4 members (excludes halogenated alkanes) is 2. The molecule has 7 heteroatoms. The lowest BCUT2D eigenvalue weighted by Gasteiger charge is -2.40. The average Bonchev–Trinajstić information content (AvgIpc) is 3.63. The number of nitrogens with one attached hydrogen (secondary N) is 1. The van der Waals surface area contributed by atoms with Crippen LogP contribution in [0, 0.1) is 5.41 Å². The summed E-state index contributed by atoms with van der Waals surface area (Å²) in [5.74, 6) is -1.14. The minimum Gasteiger partial charge on any atom is -0.468 e. The molecule has 0 amide bonds. The summed E-state index contributed by atoms with van der Waals surface area (Å²) in [6.07, 6.45) is 4.34. The van der Waals surface area contributed by atoms with Crippen molar-refractivity contribution in [3.63, 3.8) is 0 Å². The Morgan fingerprint density at radius 3 is 1.89 bits per heavy atom. The topological polar surface area (TPSA) is 67.9 Å². The second-order valence-corrected chi connectivity index (χ2v) is 14.5. The highest BCUT2D eigenvalue weighted by atomic mass is 16.5. The second-order valence-electron chi connectivity index (χ2n) is 14.5. The van der Waals surface area contributed by atoms with Crippen LogP contribution in [0.5, 0.6) is 0 Å².